The van der Waals surface area contributed by atoms with Gasteiger partial charge in [0.1, 0.15) is 11.8 Å². The number of hydrogen-bond donors (Lipinski definition) is 1. The van der Waals surface area contributed by atoms with E-state index in [4.69, 9.17) is 0 Å². The van der Waals surface area contributed by atoms with Crippen molar-refractivity contribution in [2.75, 3.05) is 0 Å². The van der Waals surface area contributed by atoms with E-state index in [1.165, 1.54) is 6.33 Å². The van der Waals surface area contributed by atoms with Gasteiger partial charge in [0.05, 0.1) is 25.2 Å². The molecule has 86 valence electrons. The second-order valence-corrected chi connectivity index (χ2v) is 3.92. The van der Waals surface area contributed by atoms with Crippen LogP contribution in [0, 0.1) is 0 Å². The van der Waals surface area contributed by atoms with Crippen LogP contribution in [0.3, 0.4) is 0 Å². The number of unbranched alkanes of at least 4 members (excludes halogenated alkanes) is 1. The zero-order valence-corrected chi connectivity index (χ0v) is 9.37. The van der Waals surface area contributed by atoms with Crippen LogP contribution in [0.2, 0.25) is 0 Å². The smallest absolute Gasteiger partial charge is 0.163 e. The molecule has 0 bridgehead atoms. The zero-order valence-electron chi connectivity index (χ0n) is 9.37. The van der Waals surface area contributed by atoms with E-state index in [0.717, 1.165) is 30.4 Å². The summed E-state index contributed by atoms with van der Waals surface area (Å²) in [6.45, 7) is 2.67. The lowest BCUT2D eigenvalue weighted by atomic mass is 10.1. The third-order valence-electron chi connectivity index (χ3n) is 2.58. The van der Waals surface area contributed by atoms with Crippen LogP contribution in [-0.2, 0) is 6.54 Å². The average molecular weight is 220 g/mol. The van der Waals surface area contributed by atoms with Crippen LogP contribution in [-0.4, -0.2) is 30.7 Å². The summed E-state index contributed by atoms with van der Waals surface area (Å²) < 4.78 is 1.87. The van der Waals surface area contributed by atoms with Crippen molar-refractivity contribution in [3.8, 4) is 0 Å². The molecule has 1 unspecified atom stereocenters. The molecule has 1 N–H and O–H groups in total. The van der Waals surface area contributed by atoms with Crippen molar-refractivity contribution in [1.29, 1.82) is 0 Å². The number of aromatic nitrogens is 4. The maximum atomic E-state index is 9.82. The molecule has 2 aromatic rings. The minimum atomic E-state index is -0.327. The summed E-state index contributed by atoms with van der Waals surface area (Å²) in [7, 11) is 0. The summed E-state index contributed by atoms with van der Waals surface area (Å²) in [6.07, 6.45) is 7.52. The summed E-state index contributed by atoms with van der Waals surface area (Å²) in [5.41, 5.74) is 1.55. The molecule has 16 heavy (non-hydrogen) atoms. The quantitative estimate of drug-likeness (QED) is 0.826. The molecule has 2 aromatic heterocycles. The Kier molecular flexibility index (Phi) is 3.46. The second-order valence-electron chi connectivity index (χ2n) is 3.92. The molecule has 0 aliphatic rings. The lowest BCUT2D eigenvalue weighted by Gasteiger charge is -2.10. The molecule has 5 heteroatoms. The molecule has 2 heterocycles. The first-order chi connectivity index (χ1) is 7.81. The Morgan fingerprint density at radius 1 is 1.44 bits per heavy atom. The molecular weight excluding hydrogens is 204 g/mol. The maximum absolute atomic E-state index is 9.82. The first-order valence-corrected chi connectivity index (χ1v) is 5.60. The molecule has 0 amide bonds. The van der Waals surface area contributed by atoms with E-state index in [9.17, 15) is 5.11 Å². The molecule has 0 spiro atoms. The van der Waals surface area contributed by atoms with E-state index < -0.39 is 0 Å². The van der Waals surface area contributed by atoms with Crippen LogP contribution < -0.4 is 0 Å². The van der Waals surface area contributed by atoms with Crippen molar-refractivity contribution in [3.63, 3.8) is 0 Å². The fourth-order valence-electron chi connectivity index (χ4n) is 1.71. The monoisotopic (exact) mass is 220 g/mol. The van der Waals surface area contributed by atoms with Gasteiger partial charge in [-0.3, -0.25) is 0 Å². The predicted molar refractivity (Wildman–Crippen MR) is 60.9 cm³/mol. The number of imidazole rings is 1. The average Bonchev–Trinajstić information content (AvgIpc) is 2.70. The largest absolute Gasteiger partial charge is 0.391 e. The molecule has 0 radical (unpaired) electrons. The Morgan fingerprint density at radius 2 is 2.31 bits per heavy atom. The third kappa shape index (κ3) is 2.36. The van der Waals surface area contributed by atoms with Crippen molar-refractivity contribution in [3.05, 3.63) is 18.9 Å². The number of aliphatic hydroxyl groups excluding tert-OH is 1. The van der Waals surface area contributed by atoms with E-state index >= 15 is 0 Å². The van der Waals surface area contributed by atoms with Crippen molar-refractivity contribution >= 4 is 11.2 Å². The highest BCUT2D eigenvalue weighted by Crippen LogP contribution is 2.10. The van der Waals surface area contributed by atoms with E-state index in [0.29, 0.717) is 6.54 Å². The summed E-state index contributed by atoms with van der Waals surface area (Å²) in [5, 5.41) is 9.82. The molecule has 5 nitrogen and oxygen atoms in total. The number of rotatable bonds is 5. The van der Waals surface area contributed by atoms with Gasteiger partial charge in [-0.25, -0.2) is 15.0 Å². The fourth-order valence-corrected chi connectivity index (χ4v) is 1.71. The van der Waals surface area contributed by atoms with Gasteiger partial charge < -0.3 is 9.67 Å². The first kappa shape index (κ1) is 11.0. The van der Waals surface area contributed by atoms with Crippen LogP contribution in [0.25, 0.3) is 11.2 Å². The SMILES string of the molecule is CCCCC(O)Cn1cnc2cncnc21. The minimum absolute atomic E-state index is 0.327. The number of nitrogens with zero attached hydrogens (tertiary/aromatic N) is 4. The van der Waals surface area contributed by atoms with Gasteiger partial charge in [0.15, 0.2) is 5.65 Å². The van der Waals surface area contributed by atoms with Crippen molar-refractivity contribution < 1.29 is 5.11 Å². The number of hydrogen-bond acceptors (Lipinski definition) is 4. The molecule has 0 aliphatic carbocycles. The van der Waals surface area contributed by atoms with Gasteiger partial charge in [-0.05, 0) is 6.42 Å². The van der Waals surface area contributed by atoms with E-state index in [-0.39, 0.29) is 6.10 Å². The number of fused-ring (bicyclic) bond motifs is 1. The van der Waals surface area contributed by atoms with Crippen LogP contribution in [0.5, 0.6) is 0 Å². The Bertz CT molecular complexity index is 454. The van der Waals surface area contributed by atoms with Gasteiger partial charge >= 0.3 is 0 Å². The molecule has 2 rings (SSSR count). The molecule has 0 fully saturated rings. The summed E-state index contributed by atoms with van der Waals surface area (Å²) in [4.78, 5) is 12.2. The molecular formula is C11H16N4O. The van der Waals surface area contributed by atoms with Gasteiger partial charge in [-0.1, -0.05) is 19.8 Å². The standard InChI is InChI=1S/C11H16N4O/c1-2-3-4-9(16)6-15-8-14-10-5-12-7-13-11(10)15/h5,7-9,16H,2-4,6H2,1H3. The Labute approximate surface area is 94.2 Å². The molecule has 0 saturated carbocycles. The highest BCUT2D eigenvalue weighted by Gasteiger charge is 2.08. The molecule has 0 aliphatic heterocycles. The lowest BCUT2D eigenvalue weighted by Crippen LogP contribution is -2.15. The van der Waals surface area contributed by atoms with Gasteiger partial charge in [0, 0.05) is 0 Å². The maximum Gasteiger partial charge on any atom is 0.163 e. The Morgan fingerprint density at radius 3 is 3.12 bits per heavy atom. The van der Waals surface area contributed by atoms with Gasteiger partial charge in [0.25, 0.3) is 0 Å². The molecule has 1 atom stereocenters. The Balaban J connectivity index is 2.09. The molecule has 0 aromatic carbocycles. The van der Waals surface area contributed by atoms with Gasteiger partial charge in [-0.15, -0.1) is 0 Å². The van der Waals surface area contributed by atoms with Gasteiger partial charge in [0.2, 0.25) is 0 Å². The van der Waals surface area contributed by atoms with E-state index in [1.54, 1.807) is 12.5 Å². The fraction of sp³-hybridized carbons (Fsp3) is 0.545. The zero-order chi connectivity index (χ0) is 11.4. The van der Waals surface area contributed by atoms with Crippen LogP contribution in [0.15, 0.2) is 18.9 Å². The topological polar surface area (TPSA) is 63.8 Å². The van der Waals surface area contributed by atoms with Gasteiger partial charge in [-0.2, -0.15) is 0 Å². The number of aliphatic hydroxyl groups is 1. The predicted octanol–water partition coefficient (Wildman–Crippen LogP) is 1.38. The summed E-state index contributed by atoms with van der Waals surface area (Å²) in [5.74, 6) is 0. The van der Waals surface area contributed by atoms with Crippen molar-refractivity contribution in [2.45, 2.75) is 38.8 Å². The third-order valence-corrected chi connectivity index (χ3v) is 2.58. The molecule has 0 saturated heterocycles. The van der Waals surface area contributed by atoms with Crippen LogP contribution in [0.4, 0.5) is 0 Å². The van der Waals surface area contributed by atoms with Crippen LogP contribution in [0.1, 0.15) is 26.2 Å². The van der Waals surface area contributed by atoms with Crippen molar-refractivity contribution in [1.82, 2.24) is 19.5 Å². The highest BCUT2D eigenvalue weighted by atomic mass is 16.3. The lowest BCUT2D eigenvalue weighted by molar-refractivity contribution is 0.142. The van der Waals surface area contributed by atoms with Crippen LogP contribution >= 0.6 is 0 Å². The van der Waals surface area contributed by atoms with E-state index in [1.807, 2.05) is 4.57 Å². The first-order valence-electron chi connectivity index (χ1n) is 5.60. The summed E-state index contributed by atoms with van der Waals surface area (Å²) >= 11 is 0. The van der Waals surface area contributed by atoms with E-state index in [2.05, 4.69) is 21.9 Å². The summed E-state index contributed by atoms with van der Waals surface area (Å²) in [6, 6.07) is 0. The normalized spacial score (nSPS) is 13.1. The highest BCUT2D eigenvalue weighted by molar-refractivity contribution is 5.68. The Hall–Kier alpha value is -1.49. The van der Waals surface area contributed by atoms with Crippen molar-refractivity contribution in [2.24, 2.45) is 0 Å². The second kappa shape index (κ2) is 5.03. The minimum Gasteiger partial charge on any atom is -0.391 e.